The fraction of sp³-hybridized carbons (Fsp3) is 0.320. The third-order valence-corrected chi connectivity index (χ3v) is 6.44. The third-order valence-electron chi connectivity index (χ3n) is 6.44. The Morgan fingerprint density at radius 3 is 2.59 bits per heavy atom. The molecule has 0 spiro atoms. The summed E-state index contributed by atoms with van der Waals surface area (Å²) < 4.78 is 8.85. The highest BCUT2D eigenvalue weighted by atomic mass is 16.5. The molecule has 3 N–H and O–H groups in total. The number of fused-ring (bicyclic) bond motifs is 1. The van der Waals surface area contributed by atoms with Gasteiger partial charge in [0.15, 0.2) is 5.65 Å². The van der Waals surface area contributed by atoms with Crippen LogP contribution in [0.25, 0.3) is 16.9 Å². The van der Waals surface area contributed by atoms with Gasteiger partial charge in [0.25, 0.3) is 0 Å². The number of hydrogen-bond acceptors (Lipinski definition) is 7. The summed E-state index contributed by atoms with van der Waals surface area (Å²) in [5, 5.41) is 3.28. The monoisotopic (exact) mass is 457 g/mol. The summed E-state index contributed by atoms with van der Waals surface area (Å²) in [5.74, 6) is 0.980. The first kappa shape index (κ1) is 20.7. The SMILES string of the molecule is Nc1cccc(-n2c(=O)n(CC3CC3)c3cnc(Nc4ccc(N5CCOCC5)cc4)nc32)c1. The average molecular weight is 458 g/mol. The molecule has 3 heterocycles. The quantitative estimate of drug-likeness (QED) is 0.429. The molecule has 1 saturated heterocycles. The summed E-state index contributed by atoms with van der Waals surface area (Å²) in [6.45, 7) is 3.98. The molecule has 2 aliphatic rings. The molecule has 2 fully saturated rings. The summed E-state index contributed by atoms with van der Waals surface area (Å²) in [6.07, 6.45) is 4.04. The lowest BCUT2D eigenvalue weighted by atomic mass is 10.2. The summed E-state index contributed by atoms with van der Waals surface area (Å²) in [5.41, 5.74) is 10.5. The zero-order valence-corrected chi connectivity index (χ0v) is 18.9. The molecule has 6 rings (SSSR count). The van der Waals surface area contributed by atoms with Crippen LogP contribution in [0.1, 0.15) is 12.8 Å². The van der Waals surface area contributed by atoms with E-state index in [-0.39, 0.29) is 5.69 Å². The van der Waals surface area contributed by atoms with Crippen LogP contribution in [0, 0.1) is 5.92 Å². The largest absolute Gasteiger partial charge is 0.399 e. The van der Waals surface area contributed by atoms with Crippen LogP contribution < -0.4 is 21.6 Å². The van der Waals surface area contributed by atoms with E-state index in [2.05, 4.69) is 27.3 Å². The van der Waals surface area contributed by atoms with Gasteiger partial charge in [0.1, 0.15) is 5.52 Å². The number of aromatic nitrogens is 4. The van der Waals surface area contributed by atoms with E-state index in [0.717, 1.165) is 56.0 Å². The van der Waals surface area contributed by atoms with Gasteiger partial charge in [-0.25, -0.2) is 14.3 Å². The van der Waals surface area contributed by atoms with Crippen LogP contribution in [-0.2, 0) is 11.3 Å². The van der Waals surface area contributed by atoms with Crippen molar-refractivity contribution in [3.05, 3.63) is 65.2 Å². The molecule has 4 aromatic rings. The zero-order chi connectivity index (χ0) is 23.1. The molecule has 2 aromatic carbocycles. The lowest BCUT2D eigenvalue weighted by Crippen LogP contribution is -2.36. The summed E-state index contributed by atoms with van der Waals surface area (Å²) in [7, 11) is 0. The van der Waals surface area contributed by atoms with E-state index in [4.69, 9.17) is 15.5 Å². The Balaban J connectivity index is 1.35. The van der Waals surface area contributed by atoms with E-state index in [1.165, 1.54) is 0 Å². The van der Waals surface area contributed by atoms with Gasteiger partial charge in [0.2, 0.25) is 5.95 Å². The van der Waals surface area contributed by atoms with Crippen LogP contribution in [-0.4, -0.2) is 45.4 Å². The first-order valence-corrected chi connectivity index (χ1v) is 11.7. The van der Waals surface area contributed by atoms with Gasteiger partial charge in [-0.15, -0.1) is 0 Å². The number of benzene rings is 2. The molecule has 34 heavy (non-hydrogen) atoms. The topological polar surface area (TPSA) is 103 Å². The second-order valence-electron chi connectivity index (χ2n) is 8.94. The van der Waals surface area contributed by atoms with Crippen LogP contribution in [0.5, 0.6) is 0 Å². The van der Waals surface area contributed by atoms with Crippen molar-refractivity contribution >= 4 is 34.2 Å². The minimum atomic E-state index is -0.117. The summed E-state index contributed by atoms with van der Waals surface area (Å²) >= 11 is 0. The Morgan fingerprint density at radius 1 is 1.06 bits per heavy atom. The maximum Gasteiger partial charge on any atom is 0.335 e. The summed E-state index contributed by atoms with van der Waals surface area (Å²) in [4.78, 5) is 25.0. The molecular formula is C25H27N7O2. The molecule has 1 saturated carbocycles. The van der Waals surface area contributed by atoms with Crippen molar-refractivity contribution in [1.82, 2.24) is 19.1 Å². The number of morpholine rings is 1. The van der Waals surface area contributed by atoms with Gasteiger partial charge in [-0.05, 0) is 61.2 Å². The van der Waals surface area contributed by atoms with E-state index < -0.39 is 0 Å². The Kier molecular flexibility index (Phi) is 5.18. The first-order valence-electron chi connectivity index (χ1n) is 11.7. The number of nitrogens with one attached hydrogen (secondary N) is 1. The Morgan fingerprint density at radius 2 is 1.85 bits per heavy atom. The van der Waals surface area contributed by atoms with Crippen molar-refractivity contribution in [1.29, 1.82) is 0 Å². The average Bonchev–Trinajstić information content (AvgIpc) is 3.64. The van der Waals surface area contributed by atoms with Crippen molar-refractivity contribution in [2.24, 2.45) is 5.92 Å². The van der Waals surface area contributed by atoms with Gasteiger partial charge in [-0.3, -0.25) is 4.57 Å². The fourth-order valence-corrected chi connectivity index (χ4v) is 4.43. The number of nitrogens with two attached hydrogens (primary N) is 1. The van der Waals surface area contributed by atoms with Crippen molar-refractivity contribution in [2.75, 3.05) is 42.3 Å². The molecule has 174 valence electrons. The van der Waals surface area contributed by atoms with Crippen LogP contribution in [0.4, 0.5) is 23.0 Å². The molecule has 2 aromatic heterocycles. The number of hydrogen-bond donors (Lipinski definition) is 2. The normalized spacial score (nSPS) is 16.2. The predicted octanol–water partition coefficient (Wildman–Crippen LogP) is 3.15. The third kappa shape index (κ3) is 3.99. The highest BCUT2D eigenvalue weighted by molar-refractivity contribution is 5.75. The van der Waals surface area contributed by atoms with Gasteiger partial charge in [0, 0.05) is 36.7 Å². The van der Waals surface area contributed by atoms with E-state index in [0.29, 0.717) is 35.4 Å². The Bertz CT molecular complexity index is 1380. The fourth-order valence-electron chi connectivity index (χ4n) is 4.43. The molecule has 1 aliphatic carbocycles. The minimum absolute atomic E-state index is 0.117. The van der Waals surface area contributed by atoms with Crippen molar-refractivity contribution in [2.45, 2.75) is 19.4 Å². The molecule has 0 bridgehead atoms. The number of nitrogens with zero attached hydrogens (tertiary/aromatic N) is 5. The highest BCUT2D eigenvalue weighted by Crippen LogP contribution is 2.31. The Hall–Kier alpha value is -3.85. The molecule has 0 unspecified atom stereocenters. The molecule has 0 radical (unpaired) electrons. The maximum atomic E-state index is 13.4. The van der Waals surface area contributed by atoms with E-state index in [1.807, 2.05) is 24.3 Å². The predicted molar refractivity (Wildman–Crippen MR) is 133 cm³/mol. The molecule has 0 atom stereocenters. The van der Waals surface area contributed by atoms with Crippen molar-refractivity contribution < 1.29 is 4.74 Å². The van der Waals surface area contributed by atoms with Crippen LogP contribution in [0.3, 0.4) is 0 Å². The number of imidazole rings is 1. The number of ether oxygens (including phenoxy) is 1. The van der Waals surface area contributed by atoms with Gasteiger partial charge in [-0.2, -0.15) is 4.98 Å². The van der Waals surface area contributed by atoms with Gasteiger partial charge < -0.3 is 20.7 Å². The van der Waals surface area contributed by atoms with Crippen LogP contribution in [0.2, 0.25) is 0 Å². The van der Waals surface area contributed by atoms with Gasteiger partial charge in [0.05, 0.1) is 25.1 Å². The van der Waals surface area contributed by atoms with Gasteiger partial charge in [-0.1, -0.05) is 6.07 Å². The lowest BCUT2D eigenvalue weighted by Gasteiger charge is -2.28. The smallest absolute Gasteiger partial charge is 0.335 e. The highest BCUT2D eigenvalue weighted by Gasteiger charge is 2.26. The molecule has 1 aliphatic heterocycles. The first-order chi connectivity index (χ1) is 16.7. The van der Waals surface area contributed by atoms with Crippen molar-refractivity contribution in [3.63, 3.8) is 0 Å². The number of rotatable bonds is 6. The van der Waals surface area contributed by atoms with Gasteiger partial charge >= 0.3 is 5.69 Å². The molecule has 9 nitrogen and oxygen atoms in total. The van der Waals surface area contributed by atoms with E-state index in [1.54, 1.807) is 27.5 Å². The Labute approximate surface area is 196 Å². The lowest BCUT2D eigenvalue weighted by molar-refractivity contribution is 0.122. The number of nitrogen functional groups attached to an aromatic ring is 1. The standard InChI is InChI=1S/C25H27N7O2/c26-18-2-1-3-21(14-18)32-23-22(31(25(32)33)16-17-4-5-17)15-27-24(29-23)28-19-6-8-20(9-7-19)30-10-12-34-13-11-30/h1-3,6-9,14-15,17H,4-5,10-13,16,26H2,(H,27,28,29). The number of anilines is 4. The summed E-state index contributed by atoms with van der Waals surface area (Å²) in [6, 6.07) is 15.5. The second-order valence-corrected chi connectivity index (χ2v) is 8.94. The zero-order valence-electron chi connectivity index (χ0n) is 18.9. The van der Waals surface area contributed by atoms with E-state index in [9.17, 15) is 4.79 Å². The van der Waals surface area contributed by atoms with Crippen LogP contribution >= 0.6 is 0 Å². The minimum Gasteiger partial charge on any atom is -0.399 e. The van der Waals surface area contributed by atoms with E-state index >= 15 is 0 Å². The molecule has 0 amide bonds. The maximum absolute atomic E-state index is 13.4. The van der Waals surface area contributed by atoms with Crippen molar-refractivity contribution in [3.8, 4) is 5.69 Å². The molecule has 9 heteroatoms. The second kappa shape index (κ2) is 8.49. The molecular weight excluding hydrogens is 430 g/mol. The van der Waals surface area contributed by atoms with Crippen LogP contribution in [0.15, 0.2) is 59.5 Å².